The monoisotopic (exact) mass is 934 g/mol. The molecule has 6 fully saturated rings. The zero-order valence-corrected chi connectivity index (χ0v) is 37.2. The molecule has 1 unspecified atom stereocenters. The lowest BCUT2D eigenvalue weighted by Crippen LogP contribution is -2.39. The topological polar surface area (TPSA) is 247 Å². The van der Waals surface area contributed by atoms with Crippen molar-refractivity contribution in [3.05, 3.63) is 25.3 Å². The minimum Gasteiger partial charge on any atom is -0.462 e. The summed E-state index contributed by atoms with van der Waals surface area (Å²) >= 11 is 0. The van der Waals surface area contributed by atoms with Crippen LogP contribution in [0.3, 0.4) is 0 Å². The van der Waals surface area contributed by atoms with Gasteiger partial charge in [0, 0.05) is 12.2 Å². The lowest BCUT2D eigenvalue weighted by atomic mass is 9.86. The SMILES string of the molecule is C=CC(=O)OCCOC(=O)OC1CCC(C(=O)OC2CCC(C(=O)OC3CO[C@@H]4[C@@H](OC(=O)C5CCC(OC(=O)C6CCC(OC(=O)OCCOC(=O)C=C)CC6)CC5)CO[C@H]34)CC2)CC1. The minimum atomic E-state index is -0.864. The Hall–Kier alpha value is -5.24. The van der Waals surface area contributed by atoms with Crippen LogP contribution < -0.4 is 0 Å². The van der Waals surface area contributed by atoms with Gasteiger partial charge in [-0.25, -0.2) is 19.2 Å². The number of fused-ring (bicyclic) bond motifs is 1. The van der Waals surface area contributed by atoms with E-state index in [-0.39, 0.29) is 112 Å². The van der Waals surface area contributed by atoms with E-state index in [2.05, 4.69) is 13.2 Å². The van der Waals surface area contributed by atoms with E-state index in [9.17, 15) is 38.4 Å². The van der Waals surface area contributed by atoms with Crippen molar-refractivity contribution in [2.75, 3.05) is 39.6 Å². The highest BCUT2D eigenvalue weighted by Crippen LogP contribution is 2.36. The number of carbonyl (C=O) groups excluding carboxylic acids is 8. The molecule has 0 aromatic rings. The van der Waals surface area contributed by atoms with Crippen molar-refractivity contribution in [1.29, 1.82) is 0 Å². The third kappa shape index (κ3) is 14.9. The number of esters is 6. The van der Waals surface area contributed by atoms with Crippen molar-refractivity contribution < 1.29 is 95.2 Å². The molecule has 366 valence electrons. The fourth-order valence-corrected chi connectivity index (χ4v) is 9.30. The Morgan fingerprint density at radius 2 is 0.652 bits per heavy atom. The Labute approximate surface area is 382 Å². The van der Waals surface area contributed by atoms with Gasteiger partial charge in [-0.05, 0) is 103 Å². The number of rotatable bonds is 18. The van der Waals surface area contributed by atoms with E-state index in [1.54, 1.807) is 0 Å². The van der Waals surface area contributed by atoms with Crippen molar-refractivity contribution >= 4 is 48.1 Å². The van der Waals surface area contributed by atoms with Gasteiger partial charge < -0.3 is 56.8 Å². The molecular weight excluding hydrogens is 872 g/mol. The van der Waals surface area contributed by atoms with Gasteiger partial charge in [0.15, 0.2) is 12.2 Å². The van der Waals surface area contributed by atoms with E-state index in [1.165, 1.54) is 0 Å². The Kier molecular flexibility index (Phi) is 19.0. The zero-order chi connectivity index (χ0) is 47.0. The van der Waals surface area contributed by atoms with Crippen molar-refractivity contribution in [3.8, 4) is 0 Å². The van der Waals surface area contributed by atoms with Gasteiger partial charge >= 0.3 is 48.1 Å². The van der Waals surface area contributed by atoms with E-state index in [4.69, 9.17) is 56.8 Å². The molecule has 2 aliphatic heterocycles. The zero-order valence-electron chi connectivity index (χ0n) is 37.2. The Morgan fingerprint density at radius 3 is 0.955 bits per heavy atom. The molecule has 20 nitrogen and oxygen atoms in total. The second kappa shape index (κ2) is 25.0. The summed E-state index contributed by atoms with van der Waals surface area (Å²) in [5, 5.41) is 0. The molecule has 0 radical (unpaired) electrons. The summed E-state index contributed by atoms with van der Waals surface area (Å²) in [5.41, 5.74) is 0. The van der Waals surface area contributed by atoms with E-state index in [0.717, 1.165) is 12.2 Å². The first-order chi connectivity index (χ1) is 31.9. The number of hydrogen-bond acceptors (Lipinski definition) is 20. The average Bonchev–Trinajstić information content (AvgIpc) is 3.92. The molecular formula is C46H62O20. The fourth-order valence-electron chi connectivity index (χ4n) is 9.30. The van der Waals surface area contributed by atoms with Gasteiger partial charge in [-0.3, -0.25) is 19.2 Å². The summed E-state index contributed by atoms with van der Waals surface area (Å²) in [4.78, 5) is 98.4. The highest BCUT2D eigenvalue weighted by atomic mass is 16.7. The highest BCUT2D eigenvalue weighted by molar-refractivity contribution is 5.81. The van der Waals surface area contributed by atoms with Crippen molar-refractivity contribution in [3.63, 3.8) is 0 Å². The summed E-state index contributed by atoms with van der Waals surface area (Å²) in [6, 6.07) is 0. The average molecular weight is 935 g/mol. The van der Waals surface area contributed by atoms with Crippen molar-refractivity contribution in [2.24, 2.45) is 23.7 Å². The first-order valence-electron chi connectivity index (χ1n) is 23.2. The normalized spacial score (nSPS) is 31.6. The molecule has 6 rings (SSSR count). The van der Waals surface area contributed by atoms with Gasteiger partial charge in [-0.15, -0.1) is 0 Å². The maximum absolute atomic E-state index is 13.2. The van der Waals surface area contributed by atoms with Crippen LogP contribution in [-0.4, -0.2) is 137 Å². The van der Waals surface area contributed by atoms with Crippen LogP contribution in [-0.2, 0) is 85.6 Å². The van der Waals surface area contributed by atoms with Crippen LogP contribution in [0.15, 0.2) is 25.3 Å². The second-order valence-electron chi connectivity index (χ2n) is 17.5. The summed E-state index contributed by atoms with van der Waals surface area (Å²) in [6.45, 7) is 6.27. The molecule has 4 saturated carbocycles. The smallest absolute Gasteiger partial charge is 0.462 e. The molecule has 6 aliphatic rings. The molecule has 2 saturated heterocycles. The van der Waals surface area contributed by atoms with Crippen molar-refractivity contribution in [2.45, 2.75) is 152 Å². The van der Waals surface area contributed by atoms with Crippen LogP contribution in [0.1, 0.15) is 103 Å². The first kappa shape index (κ1) is 50.2. The third-order valence-corrected chi connectivity index (χ3v) is 13.0. The Bertz CT molecular complexity index is 1590. The molecule has 0 aromatic carbocycles. The standard InChI is InChI=1S/C46H62O20/c1-3-37(47)55-21-23-57-45(53)63-33-17-9-27(10-18-33)41(49)61-31-13-5-29(6-14-31)43(51)65-35-25-59-40-36(26-60-39(35)40)66-44(52)30-7-15-32(16-8-30)62-42(50)28-11-19-34(20-12-28)64-46(54)58-24-22-56-38(48)4-2/h3-4,27-36,39-40H,1-2,5-26H2/t27?,28?,29?,30?,31?,32?,33?,34?,35-,36?,39+,40+/m0/s1. The fraction of sp³-hybridized carbons (Fsp3) is 0.739. The molecule has 4 atom stereocenters. The maximum atomic E-state index is 13.2. The van der Waals surface area contributed by atoms with E-state index >= 15 is 0 Å². The van der Waals surface area contributed by atoms with Crippen molar-refractivity contribution in [1.82, 2.24) is 0 Å². The quantitative estimate of drug-likeness (QED) is 0.0782. The Morgan fingerprint density at radius 1 is 0.379 bits per heavy atom. The number of carbonyl (C=O) groups is 8. The number of hydrogen-bond donors (Lipinski definition) is 0. The van der Waals surface area contributed by atoms with Gasteiger partial charge in [0.2, 0.25) is 0 Å². The Balaban J connectivity index is 0.802. The molecule has 4 aliphatic carbocycles. The van der Waals surface area contributed by atoms with Gasteiger partial charge in [0.25, 0.3) is 0 Å². The largest absolute Gasteiger partial charge is 0.508 e. The van der Waals surface area contributed by atoms with Crippen LogP contribution in [0.25, 0.3) is 0 Å². The van der Waals surface area contributed by atoms with Crippen LogP contribution in [0.5, 0.6) is 0 Å². The predicted molar refractivity (Wildman–Crippen MR) is 222 cm³/mol. The van der Waals surface area contributed by atoms with E-state index in [0.29, 0.717) is 103 Å². The summed E-state index contributed by atoms with van der Waals surface area (Å²) in [6.07, 6.45) is 4.39. The maximum Gasteiger partial charge on any atom is 0.508 e. The van der Waals surface area contributed by atoms with Gasteiger partial charge in [0.05, 0.1) is 36.9 Å². The predicted octanol–water partition coefficient (Wildman–Crippen LogP) is 4.69. The van der Waals surface area contributed by atoms with E-state index < -0.39 is 48.7 Å². The molecule has 2 heterocycles. The van der Waals surface area contributed by atoms with E-state index in [1.807, 2.05) is 0 Å². The van der Waals surface area contributed by atoms with Gasteiger partial charge in [0.1, 0.15) is 63.1 Å². The lowest BCUT2D eigenvalue weighted by Gasteiger charge is -2.31. The van der Waals surface area contributed by atoms with Crippen LogP contribution in [0.4, 0.5) is 9.59 Å². The van der Waals surface area contributed by atoms with Gasteiger partial charge in [-0.1, -0.05) is 13.2 Å². The van der Waals surface area contributed by atoms with Gasteiger partial charge in [-0.2, -0.15) is 0 Å². The summed E-state index contributed by atoms with van der Waals surface area (Å²) < 4.78 is 65.2. The lowest BCUT2D eigenvalue weighted by molar-refractivity contribution is -0.164. The highest BCUT2D eigenvalue weighted by Gasteiger charge is 2.52. The summed E-state index contributed by atoms with van der Waals surface area (Å²) in [7, 11) is 0. The first-order valence-corrected chi connectivity index (χ1v) is 23.2. The summed E-state index contributed by atoms with van der Waals surface area (Å²) in [5.74, 6) is -3.94. The number of ether oxygens (including phenoxy) is 12. The third-order valence-electron chi connectivity index (χ3n) is 13.0. The van der Waals surface area contributed by atoms with Crippen LogP contribution >= 0.6 is 0 Å². The second-order valence-corrected chi connectivity index (χ2v) is 17.5. The molecule has 20 heteroatoms. The van der Waals surface area contributed by atoms with Crippen LogP contribution in [0.2, 0.25) is 0 Å². The molecule has 0 aromatic heterocycles. The minimum absolute atomic E-state index is 0.109. The molecule has 0 amide bonds. The van der Waals surface area contributed by atoms with Crippen LogP contribution in [0, 0.1) is 23.7 Å². The molecule has 66 heavy (non-hydrogen) atoms. The molecule has 0 spiro atoms. The molecule has 0 bridgehead atoms. The molecule has 0 N–H and O–H groups in total.